The maximum Gasteiger partial charge on any atom is 0.247 e. The summed E-state index contributed by atoms with van der Waals surface area (Å²) in [6.45, 7) is 8.18. The minimum Gasteiger partial charge on any atom is -0.493 e. The summed E-state index contributed by atoms with van der Waals surface area (Å²) < 4.78 is 44.4. The van der Waals surface area contributed by atoms with Crippen LogP contribution in [0.25, 0.3) is 0 Å². The fraction of sp³-hybridized carbons (Fsp3) is 0.519. The molecule has 1 amide bonds. The van der Waals surface area contributed by atoms with Gasteiger partial charge in [0.15, 0.2) is 11.5 Å². The van der Waals surface area contributed by atoms with Crippen molar-refractivity contribution in [3.05, 3.63) is 42.0 Å². The summed E-state index contributed by atoms with van der Waals surface area (Å²) in [6.07, 6.45) is 2.76. The number of carbonyl (C=O) groups is 1. The largest absolute Gasteiger partial charge is 0.493 e. The number of sulfonamides is 1. The van der Waals surface area contributed by atoms with Crippen LogP contribution in [0.3, 0.4) is 0 Å². The Labute approximate surface area is 220 Å². The van der Waals surface area contributed by atoms with E-state index >= 15 is 0 Å². The maximum absolute atomic E-state index is 13.4. The molecule has 0 bridgehead atoms. The van der Waals surface area contributed by atoms with Gasteiger partial charge in [0, 0.05) is 23.8 Å². The molecular formula is C27H39N3O6S. The lowest BCUT2D eigenvalue weighted by Gasteiger charge is -2.32. The van der Waals surface area contributed by atoms with Gasteiger partial charge in [-0.05, 0) is 82.5 Å². The van der Waals surface area contributed by atoms with Crippen LogP contribution in [-0.4, -0.2) is 58.1 Å². The molecule has 10 heteroatoms. The molecule has 0 saturated carbocycles. The van der Waals surface area contributed by atoms with Crippen LogP contribution in [-0.2, 0) is 14.8 Å². The average Bonchev–Trinajstić information content (AvgIpc) is 2.85. The van der Waals surface area contributed by atoms with E-state index in [1.54, 1.807) is 40.7 Å². The smallest absolute Gasteiger partial charge is 0.247 e. The molecule has 2 aromatic carbocycles. The van der Waals surface area contributed by atoms with Crippen LogP contribution >= 0.6 is 0 Å². The molecule has 1 saturated heterocycles. The van der Waals surface area contributed by atoms with Gasteiger partial charge in [-0.2, -0.15) is 4.31 Å². The van der Waals surface area contributed by atoms with Gasteiger partial charge in [0.05, 0.1) is 26.2 Å². The van der Waals surface area contributed by atoms with E-state index in [2.05, 4.69) is 10.6 Å². The Kier molecular flexibility index (Phi) is 8.96. The molecule has 1 aliphatic rings. The van der Waals surface area contributed by atoms with Crippen molar-refractivity contribution in [2.75, 3.05) is 33.2 Å². The molecule has 9 nitrogen and oxygen atoms in total. The fourth-order valence-electron chi connectivity index (χ4n) is 4.46. The standard InChI is InChI=1S/C27H39N3O6S/c1-18-10-8-9-15-30(18)37(32,33)21-13-11-20(12-14-21)28-24(26(31)29-27(2,3)4)19-16-22(34-5)25(36-7)23(17-19)35-6/h11-14,16-18,24,28H,8-10,15H2,1-7H3,(H,29,31). The third-order valence-electron chi connectivity index (χ3n) is 6.29. The van der Waals surface area contributed by atoms with Crippen LogP contribution in [0.2, 0.25) is 0 Å². The van der Waals surface area contributed by atoms with Crippen LogP contribution in [0, 0.1) is 0 Å². The zero-order valence-corrected chi connectivity index (χ0v) is 23.6. The molecule has 3 rings (SSSR count). The van der Waals surface area contributed by atoms with E-state index < -0.39 is 21.6 Å². The number of carbonyl (C=O) groups excluding carboxylic acids is 1. The Bertz CT molecular complexity index is 1170. The van der Waals surface area contributed by atoms with Crippen molar-refractivity contribution in [2.45, 2.75) is 69.5 Å². The summed E-state index contributed by atoms with van der Waals surface area (Å²) in [5.41, 5.74) is 0.712. The monoisotopic (exact) mass is 533 g/mol. The van der Waals surface area contributed by atoms with Crippen molar-refractivity contribution in [3.63, 3.8) is 0 Å². The number of hydrogen-bond acceptors (Lipinski definition) is 7. The van der Waals surface area contributed by atoms with Crippen molar-refractivity contribution >= 4 is 21.6 Å². The summed E-state index contributed by atoms with van der Waals surface area (Å²) in [7, 11) is 0.951. The van der Waals surface area contributed by atoms with Crippen molar-refractivity contribution in [2.24, 2.45) is 0 Å². The normalized spacial score (nSPS) is 17.5. The van der Waals surface area contributed by atoms with Gasteiger partial charge in [0.25, 0.3) is 0 Å². The van der Waals surface area contributed by atoms with E-state index in [0.29, 0.717) is 35.0 Å². The Morgan fingerprint density at radius 1 is 1.00 bits per heavy atom. The number of anilines is 1. The first-order valence-electron chi connectivity index (χ1n) is 12.4. The van der Waals surface area contributed by atoms with Gasteiger partial charge >= 0.3 is 0 Å². The molecule has 37 heavy (non-hydrogen) atoms. The van der Waals surface area contributed by atoms with Crippen molar-refractivity contribution in [1.82, 2.24) is 9.62 Å². The zero-order chi connectivity index (χ0) is 27.4. The molecule has 2 N–H and O–H groups in total. The highest BCUT2D eigenvalue weighted by Crippen LogP contribution is 2.40. The van der Waals surface area contributed by atoms with E-state index in [9.17, 15) is 13.2 Å². The van der Waals surface area contributed by atoms with Crippen LogP contribution in [0.5, 0.6) is 17.2 Å². The molecule has 1 fully saturated rings. The molecular weight excluding hydrogens is 494 g/mol. The quantitative estimate of drug-likeness (QED) is 0.494. The van der Waals surface area contributed by atoms with Crippen LogP contribution in [0.1, 0.15) is 58.6 Å². The third-order valence-corrected chi connectivity index (χ3v) is 8.32. The lowest BCUT2D eigenvalue weighted by Crippen LogP contribution is -2.44. The van der Waals surface area contributed by atoms with Gasteiger partial charge in [-0.25, -0.2) is 8.42 Å². The number of hydrogen-bond donors (Lipinski definition) is 2. The second kappa shape index (κ2) is 11.6. The Morgan fingerprint density at radius 2 is 1.59 bits per heavy atom. The Balaban J connectivity index is 1.96. The van der Waals surface area contributed by atoms with Gasteiger partial charge < -0.3 is 24.8 Å². The van der Waals surface area contributed by atoms with E-state index in [0.717, 1.165) is 19.3 Å². The lowest BCUT2D eigenvalue weighted by atomic mass is 10.0. The topological polar surface area (TPSA) is 106 Å². The zero-order valence-electron chi connectivity index (χ0n) is 22.8. The average molecular weight is 534 g/mol. The van der Waals surface area contributed by atoms with Crippen LogP contribution in [0.4, 0.5) is 5.69 Å². The summed E-state index contributed by atoms with van der Waals surface area (Å²) in [4.78, 5) is 13.6. The first-order valence-corrected chi connectivity index (χ1v) is 13.9. The predicted molar refractivity (Wildman–Crippen MR) is 144 cm³/mol. The molecule has 0 radical (unpaired) electrons. The highest BCUT2D eigenvalue weighted by Gasteiger charge is 2.31. The summed E-state index contributed by atoms with van der Waals surface area (Å²) in [5.74, 6) is 0.999. The molecule has 2 atom stereocenters. The number of benzene rings is 2. The summed E-state index contributed by atoms with van der Waals surface area (Å²) >= 11 is 0. The minimum absolute atomic E-state index is 0.0259. The summed E-state index contributed by atoms with van der Waals surface area (Å²) in [6, 6.07) is 9.10. The van der Waals surface area contributed by atoms with E-state index in [-0.39, 0.29) is 16.8 Å². The molecule has 2 unspecified atom stereocenters. The highest BCUT2D eigenvalue weighted by molar-refractivity contribution is 7.89. The second-order valence-corrected chi connectivity index (χ2v) is 12.2. The van der Waals surface area contributed by atoms with Crippen LogP contribution < -0.4 is 24.8 Å². The molecule has 0 aromatic heterocycles. The number of piperidine rings is 1. The Morgan fingerprint density at radius 3 is 2.08 bits per heavy atom. The highest BCUT2D eigenvalue weighted by atomic mass is 32.2. The Hall–Kier alpha value is -2.98. The van der Waals surface area contributed by atoms with E-state index in [4.69, 9.17) is 14.2 Å². The number of nitrogens with one attached hydrogen (secondary N) is 2. The number of methoxy groups -OCH3 is 3. The fourth-order valence-corrected chi connectivity index (χ4v) is 6.16. The molecule has 204 valence electrons. The van der Waals surface area contributed by atoms with Gasteiger partial charge in [-0.1, -0.05) is 6.42 Å². The minimum atomic E-state index is -3.60. The van der Waals surface area contributed by atoms with Gasteiger partial charge in [-0.3, -0.25) is 4.79 Å². The predicted octanol–water partition coefficient (Wildman–Crippen LogP) is 4.34. The van der Waals surface area contributed by atoms with Gasteiger partial charge in [0.2, 0.25) is 21.7 Å². The molecule has 1 aliphatic heterocycles. The third kappa shape index (κ3) is 6.67. The number of ether oxygens (including phenoxy) is 3. The molecule has 0 spiro atoms. The first kappa shape index (κ1) is 28.6. The van der Waals surface area contributed by atoms with E-state index in [1.807, 2.05) is 27.7 Å². The molecule has 1 heterocycles. The van der Waals surface area contributed by atoms with Crippen molar-refractivity contribution in [3.8, 4) is 17.2 Å². The number of rotatable bonds is 9. The SMILES string of the molecule is COc1cc(C(Nc2ccc(S(=O)(=O)N3CCCCC3C)cc2)C(=O)NC(C)(C)C)cc(OC)c1OC. The van der Waals surface area contributed by atoms with Gasteiger partial charge in [0.1, 0.15) is 6.04 Å². The van der Waals surface area contributed by atoms with Crippen molar-refractivity contribution in [1.29, 1.82) is 0 Å². The van der Waals surface area contributed by atoms with Gasteiger partial charge in [-0.15, -0.1) is 0 Å². The molecule has 0 aliphatic carbocycles. The summed E-state index contributed by atoms with van der Waals surface area (Å²) in [5, 5.41) is 6.26. The lowest BCUT2D eigenvalue weighted by molar-refractivity contribution is -0.123. The number of nitrogens with zero attached hydrogens (tertiary/aromatic N) is 1. The van der Waals surface area contributed by atoms with Crippen LogP contribution in [0.15, 0.2) is 41.3 Å². The van der Waals surface area contributed by atoms with Crippen molar-refractivity contribution < 1.29 is 27.4 Å². The second-order valence-electron chi connectivity index (χ2n) is 10.3. The first-order chi connectivity index (χ1) is 17.4. The van der Waals surface area contributed by atoms with E-state index in [1.165, 1.54) is 21.3 Å². The molecule has 2 aromatic rings. The number of amides is 1. The maximum atomic E-state index is 13.4.